The van der Waals surface area contributed by atoms with Crippen LogP contribution in [0.1, 0.15) is 45.2 Å². The van der Waals surface area contributed by atoms with Crippen molar-refractivity contribution in [2.45, 2.75) is 11.8 Å². The molecular weight excluding hydrogens is 440 g/mol. The molecular formula is C34H24O2. The number of rotatable bonds is 2. The van der Waals surface area contributed by atoms with E-state index in [1.165, 1.54) is 22.3 Å². The highest BCUT2D eigenvalue weighted by Gasteiger charge is 2.65. The number of carbonyl (C=O) groups excluding carboxylic acids is 2. The van der Waals surface area contributed by atoms with E-state index in [1.54, 1.807) is 0 Å². The molecule has 0 saturated heterocycles. The molecule has 5 aliphatic rings. The van der Waals surface area contributed by atoms with Gasteiger partial charge in [-0.2, -0.15) is 0 Å². The smallest absolute Gasteiger partial charge is 0.146 e. The minimum absolute atomic E-state index is 0.0531. The van der Waals surface area contributed by atoms with Gasteiger partial charge >= 0.3 is 0 Å². The second-order valence-corrected chi connectivity index (χ2v) is 10.6. The molecule has 1 fully saturated rings. The molecule has 4 atom stereocenters. The van der Waals surface area contributed by atoms with Gasteiger partial charge in [0.2, 0.25) is 0 Å². The van der Waals surface area contributed by atoms with Crippen LogP contribution in [0.4, 0.5) is 0 Å². The van der Waals surface area contributed by atoms with Gasteiger partial charge in [-0.3, -0.25) is 9.59 Å². The van der Waals surface area contributed by atoms with E-state index in [1.807, 2.05) is 36.4 Å². The molecule has 36 heavy (non-hydrogen) atoms. The highest BCUT2D eigenvalue weighted by atomic mass is 16.1. The summed E-state index contributed by atoms with van der Waals surface area (Å²) in [4.78, 5) is 29.1. The third-order valence-corrected chi connectivity index (χ3v) is 9.12. The lowest BCUT2D eigenvalue weighted by atomic mass is 9.43. The van der Waals surface area contributed by atoms with Crippen molar-refractivity contribution in [1.82, 2.24) is 0 Å². The Balaban J connectivity index is 1.36. The summed E-state index contributed by atoms with van der Waals surface area (Å²) in [6.07, 6.45) is 0. The minimum Gasteiger partial charge on any atom is -0.299 e. The molecule has 1 saturated carbocycles. The molecule has 2 nitrogen and oxygen atoms in total. The predicted octanol–water partition coefficient (Wildman–Crippen LogP) is 6.52. The zero-order chi connectivity index (χ0) is 24.0. The summed E-state index contributed by atoms with van der Waals surface area (Å²) in [6.45, 7) is 0. The van der Waals surface area contributed by atoms with E-state index < -0.39 is 0 Å². The van der Waals surface area contributed by atoms with E-state index in [9.17, 15) is 9.59 Å². The SMILES string of the molecule is O=C1C2C(c3ccccc3)=C(c3ccccc3)C2C(=O)C2C3c4ccccc4C(c4ccccc43)C12. The van der Waals surface area contributed by atoms with Crippen LogP contribution in [-0.4, -0.2) is 11.6 Å². The van der Waals surface area contributed by atoms with Crippen molar-refractivity contribution in [3.8, 4) is 0 Å². The maximum atomic E-state index is 14.6. The Labute approximate surface area is 210 Å². The van der Waals surface area contributed by atoms with Crippen molar-refractivity contribution in [2.24, 2.45) is 23.7 Å². The minimum atomic E-state index is -0.366. The van der Waals surface area contributed by atoms with Crippen LogP contribution >= 0.6 is 0 Å². The number of fused-ring (bicyclic) bond motifs is 1. The topological polar surface area (TPSA) is 34.1 Å². The van der Waals surface area contributed by atoms with Gasteiger partial charge in [-0.1, -0.05) is 109 Å². The molecule has 0 radical (unpaired) electrons. The molecule has 0 aromatic heterocycles. The molecule has 2 bridgehead atoms. The first-order valence-corrected chi connectivity index (χ1v) is 12.9. The standard InChI is InChI=1S/C34H24O2/c35-33-29-25(19-11-3-1-4-12-19)26(20-13-5-2-6-14-20)30(29)34(36)32-28-23-17-9-7-15-21(23)27(31(32)33)22-16-8-10-18-24(22)28/h1-18,27-32H. The summed E-state index contributed by atoms with van der Waals surface area (Å²) in [5.41, 5.74) is 9.13. The van der Waals surface area contributed by atoms with E-state index in [4.69, 9.17) is 0 Å². The zero-order valence-corrected chi connectivity index (χ0v) is 19.7. The quantitative estimate of drug-likeness (QED) is 0.339. The number of ketones is 2. The molecule has 0 N–H and O–H groups in total. The van der Waals surface area contributed by atoms with Crippen molar-refractivity contribution in [1.29, 1.82) is 0 Å². The second kappa shape index (κ2) is 7.24. The molecule has 4 aromatic rings. The Kier molecular flexibility index (Phi) is 4.06. The largest absolute Gasteiger partial charge is 0.299 e. The fraction of sp³-hybridized carbons (Fsp3) is 0.176. The Morgan fingerprint density at radius 3 is 1.00 bits per heavy atom. The monoisotopic (exact) mass is 464 g/mol. The first kappa shape index (κ1) is 20.2. The molecule has 9 rings (SSSR count). The molecule has 172 valence electrons. The van der Waals surface area contributed by atoms with E-state index in [0.29, 0.717) is 0 Å². The van der Waals surface area contributed by atoms with Crippen molar-refractivity contribution in [3.63, 3.8) is 0 Å². The predicted molar refractivity (Wildman–Crippen MR) is 140 cm³/mol. The summed E-state index contributed by atoms with van der Waals surface area (Å²) >= 11 is 0. The van der Waals surface area contributed by atoms with E-state index >= 15 is 0 Å². The number of hydrogen-bond acceptors (Lipinski definition) is 2. The van der Waals surface area contributed by atoms with Crippen molar-refractivity contribution in [2.75, 3.05) is 0 Å². The number of benzene rings is 4. The van der Waals surface area contributed by atoms with Crippen LogP contribution < -0.4 is 0 Å². The van der Waals surface area contributed by atoms with Crippen LogP contribution in [0.2, 0.25) is 0 Å². The van der Waals surface area contributed by atoms with Crippen LogP contribution in [-0.2, 0) is 9.59 Å². The van der Waals surface area contributed by atoms with Gasteiger partial charge < -0.3 is 0 Å². The third kappa shape index (κ3) is 2.42. The van der Waals surface area contributed by atoms with Crippen molar-refractivity contribution in [3.05, 3.63) is 143 Å². The lowest BCUT2D eigenvalue weighted by molar-refractivity contribution is -0.146. The van der Waals surface area contributed by atoms with Gasteiger partial charge in [0.25, 0.3) is 0 Å². The van der Waals surface area contributed by atoms with E-state index in [-0.39, 0.29) is 47.1 Å². The Hall–Kier alpha value is -4.04. The molecule has 4 unspecified atom stereocenters. The van der Waals surface area contributed by atoms with Crippen molar-refractivity contribution < 1.29 is 9.59 Å². The fourth-order valence-corrected chi connectivity index (χ4v) is 7.87. The molecule has 4 aromatic carbocycles. The second-order valence-electron chi connectivity index (χ2n) is 10.6. The van der Waals surface area contributed by atoms with Gasteiger partial charge in [-0.25, -0.2) is 0 Å². The summed E-state index contributed by atoms with van der Waals surface area (Å²) in [7, 11) is 0. The Morgan fingerprint density at radius 1 is 0.361 bits per heavy atom. The highest BCUT2D eigenvalue weighted by Crippen LogP contribution is 2.66. The third-order valence-electron chi connectivity index (χ3n) is 9.12. The average Bonchev–Trinajstić information content (AvgIpc) is 2.92. The normalized spacial score (nSPS) is 29.1. The Bertz CT molecular complexity index is 1430. The maximum absolute atomic E-state index is 14.6. The number of carbonyl (C=O) groups is 2. The lowest BCUT2D eigenvalue weighted by Crippen LogP contribution is -2.59. The van der Waals surface area contributed by atoms with Gasteiger partial charge in [-0.15, -0.1) is 0 Å². The summed E-state index contributed by atoms with van der Waals surface area (Å²) in [6, 6.07) is 37.4. The van der Waals surface area contributed by atoms with Crippen LogP contribution in [0.25, 0.3) is 11.1 Å². The molecule has 2 heteroatoms. The maximum Gasteiger partial charge on any atom is 0.146 e. The van der Waals surface area contributed by atoms with E-state index in [2.05, 4.69) is 72.8 Å². The summed E-state index contributed by atoms with van der Waals surface area (Å²) in [5, 5.41) is 0. The number of Topliss-reactive ketones (excluding diaryl/α,β-unsaturated/α-hetero) is 2. The number of hydrogen-bond donors (Lipinski definition) is 0. The van der Waals surface area contributed by atoms with Crippen LogP contribution in [0.5, 0.6) is 0 Å². The fourth-order valence-electron chi connectivity index (χ4n) is 7.87. The van der Waals surface area contributed by atoms with E-state index in [0.717, 1.165) is 22.3 Å². The van der Waals surface area contributed by atoms with Crippen LogP contribution in [0, 0.1) is 23.7 Å². The van der Waals surface area contributed by atoms with Crippen molar-refractivity contribution >= 4 is 22.7 Å². The molecule has 0 heterocycles. The number of allylic oxidation sites excluding steroid dienone is 2. The zero-order valence-electron chi connectivity index (χ0n) is 19.7. The molecule has 0 spiro atoms. The molecule has 0 aliphatic heterocycles. The van der Waals surface area contributed by atoms with Gasteiger partial charge in [0, 0.05) is 23.7 Å². The first-order chi connectivity index (χ1) is 17.8. The van der Waals surface area contributed by atoms with Crippen LogP contribution in [0.15, 0.2) is 109 Å². The van der Waals surface area contributed by atoms with Gasteiger partial charge in [0.05, 0.1) is 11.8 Å². The van der Waals surface area contributed by atoms with Gasteiger partial charge in [0.1, 0.15) is 11.6 Å². The molecule has 0 amide bonds. The average molecular weight is 465 g/mol. The van der Waals surface area contributed by atoms with Gasteiger partial charge in [0.15, 0.2) is 0 Å². The lowest BCUT2D eigenvalue weighted by Gasteiger charge is -2.57. The Morgan fingerprint density at radius 2 is 0.667 bits per heavy atom. The highest BCUT2D eigenvalue weighted by molar-refractivity contribution is 6.22. The van der Waals surface area contributed by atoms with Gasteiger partial charge in [-0.05, 0) is 44.5 Å². The summed E-state index contributed by atoms with van der Waals surface area (Å²) < 4.78 is 0. The van der Waals surface area contributed by atoms with Crippen LogP contribution in [0.3, 0.4) is 0 Å². The molecule has 5 aliphatic carbocycles. The summed E-state index contributed by atoms with van der Waals surface area (Å²) in [5.74, 6) is -0.936. The first-order valence-electron chi connectivity index (χ1n) is 12.9.